The third-order valence-electron chi connectivity index (χ3n) is 3.00. The van der Waals surface area contributed by atoms with E-state index in [0.717, 1.165) is 12.5 Å². The molecule has 2 nitrogen and oxygen atoms in total. The van der Waals surface area contributed by atoms with Gasteiger partial charge in [0.25, 0.3) is 0 Å². The Morgan fingerprint density at radius 2 is 2.53 bits per heavy atom. The Labute approximate surface area is 96.3 Å². The van der Waals surface area contributed by atoms with E-state index < -0.39 is 0 Å². The number of hydrogen-bond donors (Lipinski definition) is 1. The second kappa shape index (κ2) is 5.64. The molecule has 1 N–H and O–H groups in total. The summed E-state index contributed by atoms with van der Waals surface area (Å²) in [5.74, 6) is 0.849. The number of nitrogens with one attached hydrogen (secondary N) is 1. The highest BCUT2D eigenvalue weighted by Gasteiger charge is 2.14. The molecular weight excluding hydrogens is 204 g/mol. The van der Waals surface area contributed by atoms with Crippen LogP contribution < -0.4 is 5.32 Å². The zero-order valence-electron chi connectivity index (χ0n) is 9.41. The lowest BCUT2D eigenvalue weighted by Crippen LogP contribution is -2.36. The molecule has 3 heteroatoms. The van der Waals surface area contributed by atoms with E-state index in [1.165, 1.54) is 38.0 Å². The van der Waals surface area contributed by atoms with E-state index in [0.29, 0.717) is 0 Å². The molecule has 84 valence electrons. The fourth-order valence-electron chi connectivity index (χ4n) is 2.28. The van der Waals surface area contributed by atoms with Gasteiger partial charge in [-0.2, -0.15) is 11.3 Å². The standard InChI is InChI=1S/C12H20N2S/c1-14(9-12-4-6-15-10-12)8-11-3-2-5-13-7-11/h4,6,10-11,13H,2-3,5,7-9H2,1H3. The Balaban J connectivity index is 1.74. The molecule has 1 unspecified atom stereocenters. The Kier molecular flexibility index (Phi) is 4.18. The van der Waals surface area contributed by atoms with Crippen molar-refractivity contribution in [1.82, 2.24) is 10.2 Å². The molecule has 15 heavy (non-hydrogen) atoms. The summed E-state index contributed by atoms with van der Waals surface area (Å²) in [5.41, 5.74) is 1.45. The van der Waals surface area contributed by atoms with E-state index in [-0.39, 0.29) is 0 Å². The summed E-state index contributed by atoms with van der Waals surface area (Å²) in [6.45, 7) is 4.74. The summed E-state index contributed by atoms with van der Waals surface area (Å²) >= 11 is 1.79. The van der Waals surface area contributed by atoms with Crippen molar-refractivity contribution < 1.29 is 0 Å². The Morgan fingerprint density at radius 3 is 3.20 bits per heavy atom. The summed E-state index contributed by atoms with van der Waals surface area (Å²) in [4.78, 5) is 2.44. The van der Waals surface area contributed by atoms with Crippen LogP contribution in [0.5, 0.6) is 0 Å². The van der Waals surface area contributed by atoms with Crippen LogP contribution in [0.25, 0.3) is 0 Å². The molecular formula is C12H20N2S. The molecule has 1 atom stereocenters. The highest BCUT2D eigenvalue weighted by atomic mass is 32.1. The zero-order chi connectivity index (χ0) is 10.5. The summed E-state index contributed by atoms with van der Waals surface area (Å²) < 4.78 is 0. The second-order valence-electron chi connectivity index (χ2n) is 4.54. The third-order valence-corrected chi connectivity index (χ3v) is 3.73. The maximum Gasteiger partial charge on any atom is 0.0239 e. The molecule has 0 spiro atoms. The first-order chi connectivity index (χ1) is 7.34. The van der Waals surface area contributed by atoms with Crippen molar-refractivity contribution in [3.63, 3.8) is 0 Å². The van der Waals surface area contributed by atoms with Crippen LogP contribution in [0.4, 0.5) is 0 Å². The Bertz CT molecular complexity index is 265. The molecule has 1 saturated heterocycles. The number of rotatable bonds is 4. The summed E-state index contributed by atoms with van der Waals surface area (Å²) in [7, 11) is 2.23. The van der Waals surface area contributed by atoms with Gasteiger partial charge in [-0.1, -0.05) is 0 Å². The molecule has 0 aromatic carbocycles. The van der Waals surface area contributed by atoms with Gasteiger partial charge in [0.2, 0.25) is 0 Å². The first kappa shape index (κ1) is 11.1. The van der Waals surface area contributed by atoms with Crippen LogP contribution in [0, 0.1) is 5.92 Å². The van der Waals surface area contributed by atoms with Crippen LogP contribution in [0.2, 0.25) is 0 Å². The van der Waals surface area contributed by atoms with Gasteiger partial charge in [-0.25, -0.2) is 0 Å². The lowest BCUT2D eigenvalue weighted by Gasteiger charge is -2.27. The van der Waals surface area contributed by atoms with E-state index in [2.05, 4.69) is 34.1 Å². The van der Waals surface area contributed by atoms with E-state index >= 15 is 0 Å². The van der Waals surface area contributed by atoms with Gasteiger partial charge in [0.1, 0.15) is 0 Å². The topological polar surface area (TPSA) is 15.3 Å². The summed E-state index contributed by atoms with van der Waals surface area (Å²) in [5, 5.41) is 7.88. The predicted molar refractivity (Wildman–Crippen MR) is 66.2 cm³/mol. The minimum absolute atomic E-state index is 0.849. The van der Waals surface area contributed by atoms with Gasteiger partial charge in [0.15, 0.2) is 0 Å². The number of piperidine rings is 1. The average molecular weight is 224 g/mol. The van der Waals surface area contributed by atoms with Gasteiger partial charge < -0.3 is 10.2 Å². The van der Waals surface area contributed by atoms with E-state index in [1.807, 2.05) is 0 Å². The molecule has 1 aliphatic rings. The first-order valence-corrected chi connectivity index (χ1v) is 6.69. The molecule has 2 rings (SSSR count). The van der Waals surface area contributed by atoms with Crippen LogP contribution in [0.3, 0.4) is 0 Å². The van der Waals surface area contributed by atoms with Gasteiger partial charge in [-0.3, -0.25) is 0 Å². The Hall–Kier alpha value is -0.380. The fraction of sp³-hybridized carbons (Fsp3) is 0.667. The highest BCUT2D eigenvalue weighted by molar-refractivity contribution is 7.07. The molecule has 0 aliphatic carbocycles. The molecule has 1 aromatic rings. The highest BCUT2D eigenvalue weighted by Crippen LogP contribution is 2.13. The molecule has 0 bridgehead atoms. The monoisotopic (exact) mass is 224 g/mol. The van der Waals surface area contributed by atoms with Crippen molar-refractivity contribution in [2.24, 2.45) is 5.92 Å². The minimum Gasteiger partial charge on any atom is -0.316 e. The quantitative estimate of drug-likeness (QED) is 0.843. The minimum atomic E-state index is 0.849. The van der Waals surface area contributed by atoms with Crippen molar-refractivity contribution in [1.29, 1.82) is 0 Å². The van der Waals surface area contributed by atoms with Crippen LogP contribution in [0.15, 0.2) is 16.8 Å². The van der Waals surface area contributed by atoms with E-state index in [4.69, 9.17) is 0 Å². The van der Waals surface area contributed by atoms with Gasteiger partial charge in [-0.05, 0) is 61.3 Å². The van der Waals surface area contributed by atoms with Crippen LogP contribution in [-0.2, 0) is 6.54 Å². The fourth-order valence-corrected chi connectivity index (χ4v) is 2.94. The average Bonchev–Trinajstić information content (AvgIpc) is 2.71. The van der Waals surface area contributed by atoms with Gasteiger partial charge >= 0.3 is 0 Å². The SMILES string of the molecule is CN(Cc1ccsc1)CC1CCCNC1. The lowest BCUT2D eigenvalue weighted by molar-refractivity contribution is 0.238. The van der Waals surface area contributed by atoms with Crippen molar-refractivity contribution in [3.05, 3.63) is 22.4 Å². The van der Waals surface area contributed by atoms with Crippen molar-refractivity contribution >= 4 is 11.3 Å². The molecule has 1 fully saturated rings. The molecule has 1 aromatic heterocycles. The number of thiophene rings is 1. The number of hydrogen-bond acceptors (Lipinski definition) is 3. The van der Waals surface area contributed by atoms with Gasteiger partial charge in [-0.15, -0.1) is 0 Å². The molecule has 0 amide bonds. The molecule has 2 heterocycles. The van der Waals surface area contributed by atoms with Gasteiger partial charge in [0, 0.05) is 13.1 Å². The van der Waals surface area contributed by atoms with Crippen LogP contribution in [-0.4, -0.2) is 31.6 Å². The predicted octanol–water partition coefficient (Wildman–Crippen LogP) is 2.18. The third kappa shape index (κ3) is 3.59. The van der Waals surface area contributed by atoms with Crippen LogP contribution in [0.1, 0.15) is 18.4 Å². The molecule has 0 radical (unpaired) electrons. The summed E-state index contributed by atoms with van der Waals surface area (Å²) in [6.07, 6.45) is 2.73. The number of nitrogens with zero attached hydrogens (tertiary/aromatic N) is 1. The second-order valence-corrected chi connectivity index (χ2v) is 5.32. The largest absolute Gasteiger partial charge is 0.316 e. The summed E-state index contributed by atoms with van der Waals surface area (Å²) in [6, 6.07) is 2.22. The molecule has 0 saturated carbocycles. The maximum absolute atomic E-state index is 3.47. The van der Waals surface area contributed by atoms with Crippen molar-refractivity contribution in [3.8, 4) is 0 Å². The van der Waals surface area contributed by atoms with E-state index in [1.54, 1.807) is 11.3 Å². The lowest BCUT2D eigenvalue weighted by atomic mass is 9.99. The smallest absolute Gasteiger partial charge is 0.0239 e. The van der Waals surface area contributed by atoms with Gasteiger partial charge in [0.05, 0.1) is 0 Å². The zero-order valence-corrected chi connectivity index (χ0v) is 10.2. The maximum atomic E-state index is 3.47. The molecule has 1 aliphatic heterocycles. The Morgan fingerprint density at radius 1 is 1.60 bits per heavy atom. The van der Waals surface area contributed by atoms with Crippen LogP contribution >= 0.6 is 11.3 Å². The van der Waals surface area contributed by atoms with Crippen molar-refractivity contribution in [2.45, 2.75) is 19.4 Å². The first-order valence-electron chi connectivity index (χ1n) is 5.75. The van der Waals surface area contributed by atoms with E-state index in [9.17, 15) is 0 Å². The van der Waals surface area contributed by atoms with Crippen molar-refractivity contribution in [2.75, 3.05) is 26.7 Å². The normalized spacial score (nSPS) is 22.1.